The number of hydrogen-bond donors (Lipinski definition) is 1. The van der Waals surface area contributed by atoms with E-state index < -0.39 is 6.17 Å². The molecule has 5 rings (SSSR count). The van der Waals surface area contributed by atoms with Crippen LogP contribution in [0.25, 0.3) is 11.3 Å². The summed E-state index contributed by atoms with van der Waals surface area (Å²) in [5, 5.41) is 4.14. The molecule has 1 amide bonds. The number of carbonyl (C=O) groups is 1. The molecule has 0 spiro atoms. The van der Waals surface area contributed by atoms with Crippen molar-refractivity contribution in [3.63, 3.8) is 0 Å². The molecule has 1 unspecified atom stereocenters. The number of para-hydroxylation sites is 1. The van der Waals surface area contributed by atoms with Gasteiger partial charge in [0.05, 0.1) is 5.56 Å². The predicted molar refractivity (Wildman–Crippen MR) is 120 cm³/mol. The zero-order chi connectivity index (χ0) is 20.7. The maximum atomic E-state index is 13.4. The second-order valence-electron chi connectivity index (χ2n) is 7.31. The summed E-state index contributed by atoms with van der Waals surface area (Å²) >= 11 is 6.00. The van der Waals surface area contributed by atoms with Gasteiger partial charge < -0.3 is 9.73 Å². The van der Waals surface area contributed by atoms with Crippen LogP contribution in [0.2, 0.25) is 5.02 Å². The Morgan fingerprint density at radius 3 is 2.40 bits per heavy atom. The number of hydrogen-bond acceptors (Lipinski definition) is 3. The molecule has 5 heteroatoms. The SMILES string of the molecule is Cc1ccc(N2C(=O)c3ccccc3NC2c2ccc(-c3ccc(Cl)cc3)o2)cc1. The normalized spacial score (nSPS) is 15.6. The van der Waals surface area contributed by atoms with Crippen molar-refractivity contribution in [1.29, 1.82) is 0 Å². The molecule has 0 fully saturated rings. The molecule has 0 bridgehead atoms. The van der Waals surface area contributed by atoms with Gasteiger partial charge in [-0.1, -0.05) is 41.4 Å². The van der Waals surface area contributed by atoms with Crippen LogP contribution in [0.3, 0.4) is 0 Å². The Hall–Kier alpha value is -3.50. The van der Waals surface area contributed by atoms with Gasteiger partial charge >= 0.3 is 0 Å². The van der Waals surface area contributed by atoms with Crippen molar-refractivity contribution in [3.05, 3.63) is 107 Å². The van der Waals surface area contributed by atoms with Crippen LogP contribution in [-0.4, -0.2) is 5.91 Å². The first-order valence-corrected chi connectivity index (χ1v) is 10.1. The minimum atomic E-state index is -0.462. The van der Waals surface area contributed by atoms with Crippen molar-refractivity contribution in [2.45, 2.75) is 13.1 Å². The highest BCUT2D eigenvalue weighted by Crippen LogP contribution is 2.38. The molecule has 1 N–H and O–H groups in total. The third-order valence-electron chi connectivity index (χ3n) is 5.26. The molecule has 0 saturated heterocycles. The van der Waals surface area contributed by atoms with Crippen molar-refractivity contribution in [2.75, 3.05) is 10.2 Å². The van der Waals surface area contributed by atoms with E-state index in [0.29, 0.717) is 16.3 Å². The van der Waals surface area contributed by atoms with Gasteiger partial charge in [-0.3, -0.25) is 9.69 Å². The molecule has 2 heterocycles. The molecule has 0 aliphatic carbocycles. The predicted octanol–water partition coefficient (Wildman–Crippen LogP) is 6.68. The molecule has 1 aromatic heterocycles. The number of furan rings is 1. The second kappa shape index (κ2) is 7.39. The Morgan fingerprint density at radius 1 is 0.900 bits per heavy atom. The third kappa shape index (κ3) is 3.25. The molecular weight excluding hydrogens is 396 g/mol. The van der Waals surface area contributed by atoms with Gasteiger partial charge in [0.2, 0.25) is 0 Å². The molecule has 148 valence electrons. The van der Waals surface area contributed by atoms with Gasteiger partial charge in [-0.05, 0) is 67.6 Å². The molecule has 0 saturated carbocycles. The number of amides is 1. The number of carbonyl (C=O) groups excluding carboxylic acids is 1. The van der Waals surface area contributed by atoms with Gasteiger partial charge in [0.15, 0.2) is 6.17 Å². The van der Waals surface area contributed by atoms with Crippen molar-refractivity contribution >= 4 is 28.9 Å². The number of anilines is 2. The highest BCUT2D eigenvalue weighted by atomic mass is 35.5. The van der Waals surface area contributed by atoms with E-state index >= 15 is 0 Å². The topological polar surface area (TPSA) is 45.5 Å². The quantitative estimate of drug-likeness (QED) is 0.406. The van der Waals surface area contributed by atoms with E-state index in [0.717, 1.165) is 28.3 Å². The Labute approximate surface area is 179 Å². The number of aryl methyl sites for hydroxylation is 1. The minimum absolute atomic E-state index is 0.0670. The summed E-state index contributed by atoms with van der Waals surface area (Å²) in [7, 11) is 0. The monoisotopic (exact) mass is 414 g/mol. The van der Waals surface area contributed by atoms with E-state index in [9.17, 15) is 4.79 Å². The molecule has 4 nitrogen and oxygen atoms in total. The highest BCUT2D eigenvalue weighted by molar-refractivity contribution is 6.30. The summed E-state index contributed by atoms with van der Waals surface area (Å²) in [6, 6.07) is 26.8. The zero-order valence-corrected chi connectivity index (χ0v) is 17.1. The Balaban J connectivity index is 1.58. The standard InChI is InChI=1S/C25H19ClN2O2/c1-16-6-12-19(13-7-16)28-24(27-21-5-3-2-4-20(21)25(28)29)23-15-14-22(30-23)17-8-10-18(26)11-9-17/h2-15,24,27H,1H3. The van der Waals surface area contributed by atoms with E-state index in [1.165, 1.54) is 0 Å². The van der Waals surface area contributed by atoms with Gasteiger partial charge in [0, 0.05) is 22.0 Å². The maximum Gasteiger partial charge on any atom is 0.262 e. The third-order valence-corrected chi connectivity index (χ3v) is 5.52. The Bertz CT molecular complexity index is 1210. The maximum absolute atomic E-state index is 13.4. The van der Waals surface area contributed by atoms with Crippen LogP contribution in [-0.2, 0) is 0 Å². The number of rotatable bonds is 3. The molecule has 0 radical (unpaired) electrons. The number of benzene rings is 3. The van der Waals surface area contributed by atoms with Gasteiger partial charge in [-0.2, -0.15) is 0 Å². The first-order valence-electron chi connectivity index (χ1n) is 9.71. The van der Waals surface area contributed by atoms with Crippen LogP contribution in [0.4, 0.5) is 11.4 Å². The van der Waals surface area contributed by atoms with Crippen molar-refractivity contribution < 1.29 is 9.21 Å². The van der Waals surface area contributed by atoms with Crippen LogP contribution in [0, 0.1) is 6.92 Å². The smallest absolute Gasteiger partial charge is 0.262 e. The van der Waals surface area contributed by atoms with Gasteiger partial charge in [-0.25, -0.2) is 0 Å². The molecule has 1 atom stereocenters. The minimum Gasteiger partial charge on any atom is -0.457 e. The van der Waals surface area contributed by atoms with E-state index in [1.54, 1.807) is 4.90 Å². The highest BCUT2D eigenvalue weighted by Gasteiger charge is 2.35. The lowest BCUT2D eigenvalue weighted by Gasteiger charge is -2.36. The van der Waals surface area contributed by atoms with E-state index in [1.807, 2.05) is 91.9 Å². The van der Waals surface area contributed by atoms with Crippen LogP contribution in [0.15, 0.2) is 89.3 Å². The molecule has 4 aromatic rings. The first-order chi connectivity index (χ1) is 14.6. The number of nitrogens with one attached hydrogen (secondary N) is 1. The average Bonchev–Trinajstić information content (AvgIpc) is 3.25. The lowest BCUT2D eigenvalue weighted by molar-refractivity contribution is 0.0972. The summed E-state index contributed by atoms with van der Waals surface area (Å²) in [4.78, 5) is 15.2. The number of nitrogens with zero attached hydrogens (tertiary/aromatic N) is 1. The van der Waals surface area contributed by atoms with Crippen LogP contribution >= 0.6 is 11.6 Å². The molecular formula is C25H19ClN2O2. The molecule has 3 aromatic carbocycles. The largest absolute Gasteiger partial charge is 0.457 e. The Kier molecular flexibility index (Phi) is 4.57. The molecule has 1 aliphatic heterocycles. The average molecular weight is 415 g/mol. The van der Waals surface area contributed by atoms with Gasteiger partial charge in [0.1, 0.15) is 11.5 Å². The fourth-order valence-electron chi connectivity index (χ4n) is 3.69. The van der Waals surface area contributed by atoms with Crippen LogP contribution in [0.1, 0.15) is 27.8 Å². The van der Waals surface area contributed by atoms with Gasteiger partial charge in [0.25, 0.3) is 5.91 Å². The lowest BCUT2D eigenvalue weighted by atomic mass is 10.1. The lowest BCUT2D eigenvalue weighted by Crippen LogP contribution is -2.43. The zero-order valence-electron chi connectivity index (χ0n) is 16.3. The van der Waals surface area contributed by atoms with Crippen molar-refractivity contribution in [2.24, 2.45) is 0 Å². The molecule has 1 aliphatic rings. The summed E-state index contributed by atoms with van der Waals surface area (Å²) in [6.45, 7) is 2.03. The van der Waals surface area contributed by atoms with Gasteiger partial charge in [-0.15, -0.1) is 0 Å². The Morgan fingerprint density at radius 2 is 1.63 bits per heavy atom. The van der Waals surface area contributed by atoms with Crippen LogP contribution < -0.4 is 10.2 Å². The van der Waals surface area contributed by atoms with Crippen molar-refractivity contribution in [1.82, 2.24) is 0 Å². The fourth-order valence-corrected chi connectivity index (χ4v) is 3.82. The number of fused-ring (bicyclic) bond motifs is 1. The summed E-state index contributed by atoms with van der Waals surface area (Å²) < 4.78 is 6.19. The van der Waals surface area contributed by atoms with Crippen LogP contribution in [0.5, 0.6) is 0 Å². The van der Waals surface area contributed by atoms with E-state index in [-0.39, 0.29) is 5.91 Å². The van der Waals surface area contributed by atoms with E-state index in [4.69, 9.17) is 16.0 Å². The summed E-state index contributed by atoms with van der Waals surface area (Å²) in [5.41, 5.74) is 4.30. The summed E-state index contributed by atoms with van der Waals surface area (Å²) in [6.07, 6.45) is -0.462. The number of halogens is 1. The fraction of sp³-hybridized carbons (Fsp3) is 0.0800. The van der Waals surface area contributed by atoms with Crippen molar-refractivity contribution in [3.8, 4) is 11.3 Å². The second-order valence-corrected chi connectivity index (χ2v) is 7.75. The molecule has 30 heavy (non-hydrogen) atoms. The van der Waals surface area contributed by atoms with E-state index in [2.05, 4.69) is 5.32 Å². The summed E-state index contributed by atoms with van der Waals surface area (Å²) in [5.74, 6) is 1.31. The first kappa shape index (κ1) is 18.5.